The highest BCUT2D eigenvalue weighted by molar-refractivity contribution is 9.11. The van der Waals surface area contributed by atoms with Gasteiger partial charge in [-0.25, -0.2) is 0 Å². The van der Waals surface area contributed by atoms with Gasteiger partial charge in [0, 0.05) is 28.5 Å². The molecule has 0 aliphatic carbocycles. The van der Waals surface area contributed by atoms with Gasteiger partial charge >= 0.3 is 0 Å². The van der Waals surface area contributed by atoms with Crippen LogP contribution in [-0.2, 0) is 25.6 Å². The summed E-state index contributed by atoms with van der Waals surface area (Å²) >= 11 is 6.92. The molecule has 4 amide bonds. The van der Waals surface area contributed by atoms with Gasteiger partial charge < -0.3 is 36.8 Å². The highest BCUT2D eigenvalue weighted by Crippen LogP contribution is 2.37. The van der Waals surface area contributed by atoms with Crippen molar-refractivity contribution in [3.8, 4) is 0 Å². The van der Waals surface area contributed by atoms with Crippen LogP contribution in [0.5, 0.6) is 0 Å². The second-order valence-corrected chi connectivity index (χ2v) is 12.0. The fourth-order valence-corrected chi connectivity index (χ4v) is 6.71. The summed E-state index contributed by atoms with van der Waals surface area (Å²) < 4.78 is 1.54. The van der Waals surface area contributed by atoms with E-state index in [1.807, 2.05) is 18.2 Å². The smallest absolute Gasteiger partial charge is 0.247 e. The SMILES string of the molecule is C[C@@H](O)[C@H](N)C(=O)N1CCCC1C(=O)N1CCCC1(Cc1cc(Br)cc(Br)c1)C(=O)N[C@H](C(N)=O)[C@@H](C)O. The van der Waals surface area contributed by atoms with E-state index >= 15 is 0 Å². The molecule has 7 N–H and O–H groups in total. The summed E-state index contributed by atoms with van der Waals surface area (Å²) in [5, 5.41) is 22.5. The molecule has 2 fully saturated rings. The van der Waals surface area contributed by atoms with Gasteiger partial charge in [-0.3, -0.25) is 19.2 Å². The van der Waals surface area contributed by atoms with Crippen LogP contribution in [0.1, 0.15) is 45.1 Å². The summed E-state index contributed by atoms with van der Waals surface area (Å²) in [6.07, 6.45) is -0.425. The summed E-state index contributed by atoms with van der Waals surface area (Å²) in [5.74, 6) is -2.43. The third kappa shape index (κ3) is 6.39. The van der Waals surface area contributed by atoms with Crippen molar-refractivity contribution in [2.45, 2.75) is 81.8 Å². The van der Waals surface area contributed by atoms with E-state index in [0.29, 0.717) is 32.2 Å². The number of nitrogens with two attached hydrogens (primary N) is 2. The molecule has 38 heavy (non-hydrogen) atoms. The van der Waals surface area contributed by atoms with E-state index in [1.54, 1.807) is 0 Å². The van der Waals surface area contributed by atoms with Gasteiger partial charge in [-0.2, -0.15) is 0 Å². The van der Waals surface area contributed by atoms with Crippen LogP contribution >= 0.6 is 31.9 Å². The van der Waals surface area contributed by atoms with Crippen molar-refractivity contribution in [2.75, 3.05) is 13.1 Å². The number of hydrogen-bond donors (Lipinski definition) is 5. The van der Waals surface area contributed by atoms with Gasteiger partial charge in [0.1, 0.15) is 23.7 Å². The molecule has 2 heterocycles. The first-order valence-electron chi connectivity index (χ1n) is 12.6. The number of carbonyl (C=O) groups excluding carboxylic acids is 4. The minimum atomic E-state index is -1.40. The Labute approximate surface area is 238 Å². The van der Waals surface area contributed by atoms with Crippen molar-refractivity contribution < 1.29 is 29.4 Å². The topological polar surface area (TPSA) is 179 Å². The van der Waals surface area contributed by atoms with E-state index in [0.717, 1.165) is 14.5 Å². The molecule has 210 valence electrons. The van der Waals surface area contributed by atoms with Crippen LogP contribution in [0.3, 0.4) is 0 Å². The molecule has 2 unspecified atom stereocenters. The van der Waals surface area contributed by atoms with E-state index in [9.17, 15) is 29.4 Å². The van der Waals surface area contributed by atoms with Gasteiger partial charge in [0.25, 0.3) is 0 Å². The molecule has 1 aromatic carbocycles. The molecule has 6 atom stereocenters. The Kier molecular flexibility index (Phi) is 9.96. The fourth-order valence-electron chi connectivity index (χ4n) is 5.32. The van der Waals surface area contributed by atoms with Gasteiger partial charge in [-0.15, -0.1) is 0 Å². The van der Waals surface area contributed by atoms with Crippen LogP contribution < -0.4 is 16.8 Å². The molecule has 0 saturated carbocycles. The van der Waals surface area contributed by atoms with Gasteiger partial charge in [-0.05, 0) is 63.3 Å². The first kappa shape index (κ1) is 30.5. The summed E-state index contributed by atoms with van der Waals surface area (Å²) in [5.41, 5.74) is 10.7. The number of likely N-dealkylation sites (tertiary alicyclic amines) is 2. The molecule has 11 nitrogen and oxygen atoms in total. The van der Waals surface area contributed by atoms with Crippen LogP contribution in [0, 0.1) is 0 Å². The summed E-state index contributed by atoms with van der Waals surface area (Å²) in [6, 6.07) is 2.17. The highest BCUT2D eigenvalue weighted by atomic mass is 79.9. The molecule has 2 saturated heterocycles. The number of nitrogens with one attached hydrogen (secondary N) is 1. The number of nitrogens with zero attached hydrogens (tertiary/aromatic N) is 2. The number of aliphatic hydroxyl groups is 2. The fraction of sp³-hybridized carbons (Fsp3) is 0.600. The summed E-state index contributed by atoms with van der Waals surface area (Å²) in [4.78, 5) is 55.8. The number of rotatable bonds is 9. The molecular weight excluding hydrogens is 626 g/mol. The van der Waals surface area contributed by atoms with Gasteiger partial charge in [0.15, 0.2) is 0 Å². The van der Waals surface area contributed by atoms with Crippen molar-refractivity contribution >= 4 is 55.5 Å². The van der Waals surface area contributed by atoms with Crippen molar-refractivity contribution in [1.82, 2.24) is 15.1 Å². The molecule has 0 spiro atoms. The zero-order valence-corrected chi connectivity index (χ0v) is 24.6. The predicted molar refractivity (Wildman–Crippen MR) is 146 cm³/mol. The normalized spacial score (nSPS) is 24.6. The average molecular weight is 661 g/mol. The number of amides is 4. The number of primary amides is 1. The molecule has 13 heteroatoms. The second kappa shape index (κ2) is 12.4. The first-order valence-corrected chi connectivity index (χ1v) is 14.2. The van der Waals surface area contributed by atoms with Gasteiger partial charge in [0.2, 0.25) is 23.6 Å². The summed E-state index contributed by atoms with van der Waals surface area (Å²) in [6.45, 7) is 3.34. The monoisotopic (exact) mass is 659 g/mol. The molecule has 0 aromatic heterocycles. The lowest BCUT2D eigenvalue weighted by Gasteiger charge is -2.41. The number of hydrogen-bond acceptors (Lipinski definition) is 7. The van der Waals surface area contributed by atoms with E-state index in [2.05, 4.69) is 37.2 Å². The average Bonchev–Trinajstić information content (AvgIpc) is 3.48. The molecule has 0 bridgehead atoms. The minimum Gasteiger partial charge on any atom is -0.391 e. The van der Waals surface area contributed by atoms with E-state index in [1.165, 1.54) is 23.6 Å². The Morgan fingerprint density at radius 2 is 1.71 bits per heavy atom. The maximum absolute atomic E-state index is 14.0. The second-order valence-electron chi connectivity index (χ2n) is 10.1. The predicted octanol–water partition coefficient (Wildman–Crippen LogP) is 0.165. The summed E-state index contributed by atoms with van der Waals surface area (Å²) in [7, 11) is 0. The lowest BCUT2D eigenvalue weighted by atomic mass is 9.86. The van der Waals surface area contributed by atoms with Crippen LogP contribution in [0.2, 0.25) is 0 Å². The Morgan fingerprint density at radius 1 is 1.08 bits per heavy atom. The molecule has 3 rings (SSSR count). The van der Waals surface area contributed by atoms with E-state index in [-0.39, 0.29) is 13.0 Å². The number of aliphatic hydroxyl groups excluding tert-OH is 2. The quantitative estimate of drug-likeness (QED) is 0.250. The Hall–Kier alpha value is -2.06. The van der Waals surface area contributed by atoms with Crippen LogP contribution in [0.15, 0.2) is 27.1 Å². The lowest BCUT2D eigenvalue weighted by Crippen LogP contribution is -2.65. The third-order valence-electron chi connectivity index (χ3n) is 7.30. The van der Waals surface area contributed by atoms with E-state index in [4.69, 9.17) is 11.5 Å². The van der Waals surface area contributed by atoms with Crippen LogP contribution in [0.25, 0.3) is 0 Å². The van der Waals surface area contributed by atoms with Crippen LogP contribution in [0.4, 0.5) is 0 Å². The minimum absolute atomic E-state index is 0.127. The van der Waals surface area contributed by atoms with Gasteiger partial charge in [-0.1, -0.05) is 31.9 Å². The zero-order chi connectivity index (χ0) is 28.4. The maximum atomic E-state index is 14.0. The van der Waals surface area contributed by atoms with Crippen LogP contribution in [-0.4, -0.2) is 92.6 Å². The maximum Gasteiger partial charge on any atom is 0.247 e. The van der Waals surface area contributed by atoms with Crippen molar-refractivity contribution in [2.24, 2.45) is 11.5 Å². The van der Waals surface area contributed by atoms with Crippen molar-refractivity contribution in [3.05, 3.63) is 32.7 Å². The number of benzene rings is 1. The number of halogens is 2. The Bertz CT molecular complexity index is 1070. The number of carbonyl (C=O) groups is 4. The molecular formula is C25H35Br2N5O6. The molecule has 2 aliphatic rings. The van der Waals surface area contributed by atoms with Crippen molar-refractivity contribution in [3.63, 3.8) is 0 Å². The standard InChI is InChI=1S/C25H35Br2N5O6/c1-13(33)19(28)23(37)31-7-3-5-18(31)22(36)32-8-4-6-25(32,12-15-9-16(26)11-17(27)10-15)24(38)30-20(14(2)34)21(29)35/h9-11,13-14,18-20,33-34H,3-8,12,28H2,1-2H3,(H2,29,35)(H,30,38)/t13-,14-,18?,19+,20+,25?/m1/s1. The van der Waals surface area contributed by atoms with Gasteiger partial charge in [0.05, 0.1) is 12.2 Å². The molecule has 0 radical (unpaired) electrons. The van der Waals surface area contributed by atoms with E-state index < -0.39 is 59.5 Å². The lowest BCUT2D eigenvalue weighted by molar-refractivity contribution is -0.152. The third-order valence-corrected chi connectivity index (χ3v) is 8.21. The molecule has 2 aliphatic heterocycles. The largest absolute Gasteiger partial charge is 0.391 e. The molecule has 1 aromatic rings. The highest BCUT2D eigenvalue weighted by Gasteiger charge is 2.53. The first-order chi connectivity index (χ1) is 17.8. The Morgan fingerprint density at radius 3 is 2.26 bits per heavy atom. The zero-order valence-electron chi connectivity index (χ0n) is 21.4. The van der Waals surface area contributed by atoms with Crippen molar-refractivity contribution in [1.29, 1.82) is 0 Å². The Balaban J connectivity index is 2.01.